The third-order valence-electron chi connectivity index (χ3n) is 4.27. The standard InChI is InChI=1S/C13H24N2O3/c1-11(12-3-9-18-10-12)15-7-5-14(6-8-15)4-2-13(16)17/h11-12H,2-10H2,1H3,(H,16,17). The number of nitrogens with zero attached hydrogens (tertiary/aromatic N) is 2. The van der Waals surface area contributed by atoms with Crippen molar-refractivity contribution in [2.24, 2.45) is 5.92 Å². The SMILES string of the molecule is CC(C1CCOC1)N1CCN(CCC(=O)O)CC1. The first-order valence-corrected chi connectivity index (χ1v) is 6.93. The molecule has 0 spiro atoms. The summed E-state index contributed by atoms with van der Waals surface area (Å²) in [5.41, 5.74) is 0. The van der Waals surface area contributed by atoms with Crippen LogP contribution < -0.4 is 0 Å². The van der Waals surface area contributed by atoms with Crippen molar-refractivity contribution in [1.29, 1.82) is 0 Å². The largest absolute Gasteiger partial charge is 0.481 e. The van der Waals surface area contributed by atoms with Crippen LogP contribution in [0.1, 0.15) is 19.8 Å². The molecule has 2 rings (SSSR count). The zero-order valence-electron chi connectivity index (χ0n) is 11.2. The van der Waals surface area contributed by atoms with E-state index in [4.69, 9.17) is 9.84 Å². The lowest BCUT2D eigenvalue weighted by atomic mass is 9.98. The molecular weight excluding hydrogens is 232 g/mol. The van der Waals surface area contributed by atoms with Crippen LogP contribution in [0.3, 0.4) is 0 Å². The van der Waals surface area contributed by atoms with Crippen molar-refractivity contribution in [3.05, 3.63) is 0 Å². The molecule has 1 N–H and O–H groups in total. The maximum absolute atomic E-state index is 10.5. The number of carbonyl (C=O) groups is 1. The van der Waals surface area contributed by atoms with E-state index in [1.807, 2.05) is 0 Å². The molecule has 0 aromatic heterocycles. The predicted molar refractivity (Wildman–Crippen MR) is 68.7 cm³/mol. The van der Waals surface area contributed by atoms with Gasteiger partial charge in [0.1, 0.15) is 0 Å². The Morgan fingerprint density at radius 3 is 2.67 bits per heavy atom. The Morgan fingerprint density at radius 2 is 2.11 bits per heavy atom. The Labute approximate surface area is 109 Å². The van der Waals surface area contributed by atoms with Crippen LogP contribution >= 0.6 is 0 Å². The van der Waals surface area contributed by atoms with Gasteiger partial charge in [0, 0.05) is 45.4 Å². The van der Waals surface area contributed by atoms with Crippen molar-refractivity contribution in [2.75, 3.05) is 45.9 Å². The van der Waals surface area contributed by atoms with Crippen LogP contribution in [0.25, 0.3) is 0 Å². The lowest BCUT2D eigenvalue weighted by Crippen LogP contribution is -2.51. The number of carboxylic acid groups (broad SMARTS) is 1. The molecule has 2 unspecified atom stereocenters. The van der Waals surface area contributed by atoms with Gasteiger partial charge in [0.2, 0.25) is 0 Å². The van der Waals surface area contributed by atoms with Crippen LogP contribution in [0.5, 0.6) is 0 Å². The molecule has 0 saturated carbocycles. The number of aliphatic carboxylic acids is 1. The van der Waals surface area contributed by atoms with E-state index < -0.39 is 5.97 Å². The van der Waals surface area contributed by atoms with Crippen LogP contribution in [0.2, 0.25) is 0 Å². The summed E-state index contributed by atoms with van der Waals surface area (Å²) in [7, 11) is 0. The molecule has 104 valence electrons. The number of hydrogen-bond acceptors (Lipinski definition) is 4. The Kier molecular flexibility index (Phi) is 4.97. The first kappa shape index (κ1) is 13.8. The molecule has 5 heteroatoms. The number of ether oxygens (including phenoxy) is 1. The topological polar surface area (TPSA) is 53.0 Å². The predicted octanol–water partition coefficient (Wildman–Crippen LogP) is 0.504. The lowest BCUT2D eigenvalue weighted by Gasteiger charge is -2.39. The highest BCUT2D eigenvalue weighted by molar-refractivity contribution is 5.66. The van der Waals surface area contributed by atoms with Crippen molar-refractivity contribution < 1.29 is 14.6 Å². The summed E-state index contributed by atoms with van der Waals surface area (Å²) in [5.74, 6) is -0.0236. The minimum absolute atomic E-state index is 0.256. The highest BCUT2D eigenvalue weighted by atomic mass is 16.5. The molecule has 0 bridgehead atoms. The summed E-state index contributed by atoms with van der Waals surface area (Å²) in [5, 5.41) is 8.68. The van der Waals surface area contributed by atoms with Crippen molar-refractivity contribution in [3.8, 4) is 0 Å². The normalized spacial score (nSPS) is 28.4. The fourth-order valence-corrected chi connectivity index (χ4v) is 2.88. The Balaban J connectivity index is 1.70. The average Bonchev–Trinajstić information content (AvgIpc) is 2.90. The number of rotatable bonds is 5. The zero-order valence-corrected chi connectivity index (χ0v) is 11.2. The van der Waals surface area contributed by atoms with Crippen LogP contribution in [-0.2, 0) is 9.53 Å². The van der Waals surface area contributed by atoms with Gasteiger partial charge in [-0.25, -0.2) is 0 Å². The smallest absolute Gasteiger partial charge is 0.304 e. The minimum atomic E-state index is -0.700. The van der Waals surface area contributed by atoms with Crippen LogP contribution in [-0.4, -0.2) is 72.9 Å². The van der Waals surface area contributed by atoms with E-state index in [0.29, 0.717) is 18.5 Å². The van der Waals surface area contributed by atoms with E-state index in [9.17, 15) is 4.79 Å². The van der Waals surface area contributed by atoms with Gasteiger partial charge in [0.25, 0.3) is 0 Å². The lowest BCUT2D eigenvalue weighted by molar-refractivity contribution is -0.137. The maximum atomic E-state index is 10.5. The molecule has 2 fully saturated rings. The van der Waals surface area contributed by atoms with Gasteiger partial charge in [-0.15, -0.1) is 0 Å². The van der Waals surface area contributed by atoms with E-state index in [1.165, 1.54) is 6.42 Å². The molecule has 5 nitrogen and oxygen atoms in total. The zero-order chi connectivity index (χ0) is 13.0. The summed E-state index contributed by atoms with van der Waals surface area (Å²) in [6.45, 7) is 8.88. The van der Waals surface area contributed by atoms with Crippen molar-refractivity contribution in [2.45, 2.75) is 25.8 Å². The molecule has 0 aliphatic carbocycles. The van der Waals surface area contributed by atoms with Crippen molar-refractivity contribution in [1.82, 2.24) is 9.80 Å². The number of carboxylic acids is 1. The Morgan fingerprint density at radius 1 is 1.39 bits per heavy atom. The van der Waals surface area contributed by atoms with Crippen LogP contribution in [0, 0.1) is 5.92 Å². The molecule has 2 aliphatic heterocycles. The highest BCUT2D eigenvalue weighted by Gasteiger charge is 2.29. The molecule has 0 amide bonds. The monoisotopic (exact) mass is 256 g/mol. The van der Waals surface area contributed by atoms with Gasteiger partial charge in [-0.1, -0.05) is 0 Å². The first-order chi connectivity index (χ1) is 8.66. The van der Waals surface area contributed by atoms with Gasteiger partial charge in [-0.3, -0.25) is 9.69 Å². The van der Waals surface area contributed by atoms with Crippen LogP contribution in [0.15, 0.2) is 0 Å². The summed E-state index contributed by atoms with van der Waals surface area (Å²) < 4.78 is 5.45. The summed E-state index contributed by atoms with van der Waals surface area (Å²) in [4.78, 5) is 15.3. The van der Waals surface area contributed by atoms with Gasteiger partial charge in [-0.05, 0) is 19.3 Å². The first-order valence-electron chi connectivity index (χ1n) is 6.93. The second-order valence-electron chi connectivity index (χ2n) is 5.39. The van der Waals surface area contributed by atoms with Gasteiger partial charge < -0.3 is 14.7 Å². The molecule has 0 aromatic rings. The molecule has 2 saturated heterocycles. The molecule has 2 aliphatic rings. The quantitative estimate of drug-likeness (QED) is 0.776. The minimum Gasteiger partial charge on any atom is -0.481 e. The number of hydrogen-bond donors (Lipinski definition) is 1. The highest BCUT2D eigenvalue weighted by Crippen LogP contribution is 2.21. The van der Waals surface area contributed by atoms with E-state index in [2.05, 4.69) is 16.7 Å². The van der Waals surface area contributed by atoms with Crippen molar-refractivity contribution >= 4 is 5.97 Å². The summed E-state index contributed by atoms with van der Waals surface area (Å²) in [6, 6.07) is 0.592. The Hall–Kier alpha value is -0.650. The fourth-order valence-electron chi connectivity index (χ4n) is 2.88. The van der Waals surface area contributed by atoms with Crippen molar-refractivity contribution in [3.63, 3.8) is 0 Å². The van der Waals surface area contributed by atoms with Gasteiger partial charge in [0.05, 0.1) is 13.0 Å². The van der Waals surface area contributed by atoms with E-state index in [1.54, 1.807) is 0 Å². The summed E-state index contributed by atoms with van der Waals surface area (Å²) >= 11 is 0. The molecular formula is C13H24N2O3. The van der Waals surface area contributed by atoms with E-state index >= 15 is 0 Å². The third-order valence-corrected chi connectivity index (χ3v) is 4.27. The molecule has 18 heavy (non-hydrogen) atoms. The molecule has 0 radical (unpaired) electrons. The van der Waals surface area contributed by atoms with Gasteiger partial charge >= 0.3 is 5.97 Å². The van der Waals surface area contributed by atoms with E-state index in [-0.39, 0.29) is 6.42 Å². The number of piperazine rings is 1. The molecule has 2 heterocycles. The molecule has 0 aromatic carbocycles. The third kappa shape index (κ3) is 3.67. The fraction of sp³-hybridized carbons (Fsp3) is 0.923. The van der Waals surface area contributed by atoms with E-state index in [0.717, 1.165) is 39.4 Å². The van der Waals surface area contributed by atoms with Crippen LogP contribution in [0.4, 0.5) is 0 Å². The second kappa shape index (κ2) is 6.50. The Bertz CT molecular complexity index is 271. The molecule has 2 atom stereocenters. The van der Waals surface area contributed by atoms with Gasteiger partial charge in [0.15, 0.2) is 0 Å². The average molecular weight is 256 g/mol. The summed E-state index contributed by atoms with van der Waals surface area (Å²) in [6.07, 6.45) is 1.44. The second-order valence-corrected chi connectivity index (χ2v) is 5.39. The van der Waals surface area contributed by atoms with Gasteiger partial charge in [-0.2, -0.15) is 0 Å². The maximum Gasteiger partial charge on any atom is 0.304 e.